The molecule has 5 nitrogen and oxygen atoms in total. The summed E-state index contributed by atoms with van der Waals surface area (Å²) in [5.41, 5.74) is 1.64. The Kier molecular flexibility index (Phi) is 4.85. The molecule has 0 aromatic heterocycles. The number of rotatable bonds is 5. The Morgan fingerprint density at radius 3 is 2.44 bits per heavy atom. The summed E-state index contributed by atoms with van der Waals surface area (Å²) in [6.07, 6.45) is -0.0982. The summed E-state index contributed by atoms with van der Waals surface area (Å²) in [5.74, 6) is -1.53. The molecular weight excluding hydrogens is 232 g/mol. The summed E-state index contributed by atoms with van der Waals surface area (Å²) in [7, 11) is 3.36. The number of aliphatic carboxylic acids is 1. The Bertz CT molecular complexity index is 444. The van der Waals surface area contributed by atoms with Crippen LogP contribution in [-0.4, -0.2) is 32.0 Å². The van der Waals surface area contributed by atoms with Crippen LogP contribution in [0.5, 0.6) is 0 Å². The maximum absolute atomic E-state index is 11.8. The van der Waals surface area contributed by atoms with E-state index < -0.39 is 12.0 Å². The maximum atomic E-state index is 11.8. The third-order valence-electron chi connectivity index (χ3n) is 2.79. The van der Waals surface area contributed by atoms with Crippen LogP contribution in [0.15, 0.2) is 24.3 Å². The molecule has 1 rings (SSSR count). The van der Waals surface area contributed by atoms with Crippen LogP contribution >= 0.6 is 0 Å². The number of carboxylic acids is 1. The van der Waals surface area contributed by atoms with Crippen LogP contribution in [0.3, 0.4) is 0 Å². The zero-order chi connectivity index (χ0) is 13.7. The largest absolute Gasteiger partial charge is 0.544 e. The zero-order valence-corrected chi connectivity index (χ0v) is 10.8. The molecule has 1 amide bonds. The lowest BCUT2D eigenvalue weighted by atomic mass is 10.1. The number of carboxylic acid groups (broad SMARTS) is 1. The Labute approximate surface area is 106 Å². The minimum Gasteiger partial charge on any atom is -0.544 e. The second kappa shape index (κ2) is 6.16. The highest BCUT2D eigenvalue weighted by atomic mass is 16.4. The van der Waals surface area contributed by atoms with Gasteiger partial charge in [-0.05, 0) is 18.6 Å². The SMILES string of the molecule is Cc1ccccc1NC(=O)CC(C(=O)[O-])[NH+](C)C. The molecule has 0 saturated heterocycles. The summed E-state index contributed by atoms with van der Waals surface area (Å²) in [4.78, 5) is 23.3. The predicted molar refractivity (Wildman–Crippen MR) is 66.0 cm³/mol. The molecule has 18 heavy (non-hydrogen) atoms. The molecule has 0 aliphatic rings. The molecule has 0 aliphatic carbocycles. The van der Waals surface area contributed by atoms with Crippen LogP contribution in [0.25, 0.3) is 0 Å². The number of hydrogen-bond donors (Lipinski definition) is 2. The lowest BCUT2D eigenvalue weighted by Gasteiger charge is -2.21. The van der Waals surface area contributed by atoms with Crippen molar-refractivity contribution in [2.75, 3.05) is 19.4 Å². The van der Waals surface area contributed by atoms with Crippen LogP contribution in [0, 0.1) is 6.92 Å². The number of amides is 1. The van der Waals surface area contributed by atoms with Crippen molar-refractivity contribution in [3.8, 4) is 0 Å². The van der Waals surface area contributed by atoms with Gasteiger partial charge in [0.25, 0.3) is 0 Å². The van der Waals surface area contributed by atoms with E-state index in [2.05, 4.69) is 5.32 Å². The number of anilines is 1. The first-order valence-electron chi connectivity index (χ1n) is 5.78. The van der Waals surface area contributed by atoms with E-state index in [-0.39, 0.29) is 12.3 Å². The molecule has 0 spiro atoms. The normalized spacial score (nSPS) is 12.2. The maximum Gasteiger partial charge on any atom is 0.230 e. The fourth-order valence-electron chi connectivity index (χ4n) is 1.62. The van der Waals surface area contributed by atoms with Gasteiger partial charge >= 0.3 is 0 Å². The first kappa shape index (κ1) is 14.2. The van der Waals surface area contributed by atoms with Gasteiger partial charge in [-0.1, -0.05) is 18.2 Å². The fourth-order valence-corrected chi connectivity index (χ4v) is 1.62. The lowest BCUT2D eigenvalue weighted by Crippen LogP contribution is -3.12. The number of hydrogen-bond acceptors (Lipinski definition) is 3. The number of para-hydroxylation sites is 1. The van der Waals surface area contributed by atoms with E-state index in [1.165, 1.54) is 0 Å². The van der Waals surface area contributed by atoms with E-state index in [4.69, 9.17) is 0 Å². The van der Waals surface area contributed by atoms with E-state index in [9.17, 15) is 14.7 Å². The van der Waals surface area contributed by atoms with Crippen molar-refractivity contribution in [3.63, 3.8) is 0 Å². The molecule has 1 aromatic rings. The molecule has 0 aliphatic heterocycles. The van der Waals surface area contributed by atoms with Gasteiger partial charge in [-0.25, -0.2) is 0 Å². The van der Waals surface area contributed by atoms with Crippen molar-refractivity contribution < 1.29 is 19.6 Å². The van der Waals surface area contributed by atoms with Crippen molar-refractivity contribution in [1.82, 2.24) is 0 Å². The highest BCUT2D eigenvalue weighted by Gasteiger charge is 2.20. The molecule has 1 aromatic carbocycles. The summed E-state index contributed by atoms with van der Waals surface area (Å²) in [6.45, 7) is 1.88. The van der Waals surface area contributed by atoms with Gasteiger partial charge in [-0.15, -0.1) is 0 Å². The van der Waals surface area contributed by atoms with Gasteiger partial charge in [0.2, 0.25) is 5.91 Å². The first-order valence-corrected chi connectivity index (χ1v) is 5.78. The Balaban J connectivity index is 2.67. The third-order valence-corrected chi connectivity index (χ3v) is 2.79. The van der Waals surface area contributed by atoms with Crippen molar-refractivity contribution >= 4 is 17.6 Å². The first-order chi connectivity index (χ1) is 8.41. The highest BCUT2D eigenvalue weighted by molar-refractivity contribution is 5.93. The monoisotopic (exact) mass is 250 g/mol. The molecule has 0 heterocycles. The van der Waals surface area contributed by atoms with Gasteiger partial charge in [0.1, 0.15) is 6.04 Å². The Morgan fingerprint density at radius 2 is 1.94 bits per heavy atom. The second-order valence-corrected chi connectivity index (χ2v) is 4.52. The number of benzene rings is 1. The standard InChI is InChI=1S/C13H18N2O3/c1-9-6-4-5-7-10(9)14-12(16)8-11(13(17)18)15(2)3/h4-7,11H,8H2,1-3H3,(H,14,16)(H,17,18). The Morgan fingerprint density at radius 1 is 1.33 bits per heavy atom. The van der Waals surface area contributed by atoms with E-state index in [0.29, 0.717) is 10.6 Å². The molecule has 1 atom stereocenters. The molecular formula is C13H18N2O3. The average molecular weight is 250 g/mol. The fraction of sp³-hybridized carbons (Fsp3) is 0.385. The number of quaternary nitrogens is 1. The van der Waals surface area contributed by atoms with Crippen molar-refractivity contribution in [1.29, 1.82) is 0 Å². The summed E-state index contributed by atoms with van der Waals surface area (Å²) in [6, 6.07) is 6.51. The number of likely N-dealkylation sites (N-methyl/N-ethyl adjacent to an activating group) is 1. The number of carbonyl (C=O) groups is 2. The van der Waals surface area contributed by atoms with Gasteiger partial charge in [0.05, 0.1) is 26.5 Å². The molecule has 1 unspecified atom stereocenters. The van der Waals surface area contributed by atoms with Gasteiger partial charge in [0, 0.05) is 5.69 Å². The topological polar surface area (TPSA) is 73.7 Å². The van der Waals surface area contributed by atoms with Gasteiger partial charge in [0.15, 0.2) is 0 Å². The minimum atomic E-state index is -1.21. The Hall–Kier alpha value is -1.88. The van der Waals surface area contributed by atoms with Crippen molar-refractivity contribution in [2.24, 2.45) is 0 Å². The number of aryl methyl sites for hydroxylation is 1. The second-order valence-electron chi connectivity index (χ2n) is 4.52. The third kappa shape index (κ3) is 3.85. The summed E-state index contributed by atoms with van der Waals surface area (Å²) < 4.78 is 0. The van der Waals surface area contributed by atoms with Crippen LogP contribution in [0.1, 0.15) is 12.0 Å². The number of carbonyl (C=O) groups excluding carboxylic acids is 2. The van der Waals surface area contributed by atoms with Crippen LogP contribution in [0.2, 0.25) is 0 Å². The van der Waals surface area contributed by atoms with Crippen LogP contribution < -0.4 is 15.3 Å². The smallest absolute Gasteiger partial charge is 0.230 e. The molecule has 0 radical (unpaired) electrons. The van der Waals surface area contributed by atoms with Gasteiger partial charge in [-0.3, -0.25) is 4.79 Å². The van der Waals surface area contributed by atoms with Crippen molar-refractivity contribution in [2.45, 2.75) is 19.4 Å². The summed E-state index contributed by atoms with van der Waals surface area (Å²) in [5, 5.41) is 13.6. The highest BCUT2D eigenvalue weighted by Crippen LogP contribution is 2.13. The van der Waals surface area contributed by atoms with E-state index in [0.717, 1.165) is 5.56 Å². The molecule has 0 bridgehead atoms. The minimum absolute atomic E-state index is 0.0982. The van der Waals surface area contributed by atoms with E-state index in [1.807, 2.05) is 25.1 Å². The summed E-state index contributed by atoms with van der Waals surface area (Å²) >= 11 is 0. The molecule has 98 valence electrons. The van der Waals surface area contributed by atoms with Crippen molar-refractivity contribution in [3.05, 3.63) is 29.8 Å². The van der Waals surface area contributed by atoms with Crippen LogP contribution in [-0.2, 0) is 9.59 Å². The van der Waals surface area contributed by atoms with Gasteiger partial charge in [-0.2, -0.15) is 0 Å². The molecule has 5 heteroatoms. The lowest BCUT2D eigenvalue weighted by molar-refractivity contribution is -0.878. The molecule has 0 saturated carbocycles. The van der Waals surface area contributed by atoms with E-state index in [1.54, 1.807) is 20.2 Å². The number of nitrogens with one attached hydrogen (secondary N) is 2. The predicted octanol–water partition coefficient (Wildman–Crippen LogP) is -1.41. The average Bonchev–Trinajstić information content (AvgIpc) is 2.28. The molecule has 0 fully saturated rings. The van der Waals surface area contributed by atoms with E-state index >= 15 is 0 Å². The zero-order valence-electron chi connectivity index (χ0n) is 10.8. The van der Waals surface area contributed by atoms with Gasteiger partial charge < -0.3 is 20.1 Å². The molecule has 2 N–H and O–H groups in total. The van der Waals surface area contributed by atoms with Crippen LogP contribution in [0.4, 0.5) is 5.69 Å². The quantitative estimate of drug-likeness (QED) is 0.674.